The van der Waals surface area contributed by atoms with E-state index in [4.69, 9.17) is 5.11 Å². The Balaban J connectivity index is 1.96. The zero-order valence-corrected chi connectivity index (χ0v) is 13.0. The van der Waals surface area contributed by atoms with Gasteiger partial charge in [0.2, 0.25) is 0 Å². The van der Waals surface area contributed by atoms with Crippen molar-refractivity contribution in [2.45, 2.75) is 31.1 Å². The number of hydrogen-bond donors (Lipinski definition) is 4. The van der Waals surface area contributed by atoms with Crippen LogP contribution >= 0.6 is 22.6 Å². The van der Waals surface area contributed by atoms with Gasteiger partial charge in [-0.15, -0.1) is 0 Å². The summed E-state index contributed by atoms with van der Waals surface area (Å²) < 4.78 is 15.0. The maximum Gasteiger partial charge on any atom is 0.326 e. The minimum atomic E-state index is -1.51. The molecule has 0 aromatic carbocycles. The molecule has 3 atom stereocenters. The molecule has 3 rings (SSSR count). The molecule has 0 spiro atoms. The molecule has 0 unspecified atom stereocenters. The van der Waals surface area contributed by atoms with Crippen molar-refractivity contribution in [2.75, 3.05) is 6.61 Å². The molecule has 2 aliphatic carbocycles. The molecule has 0 aromatic heterocycles. The first-order valence-electron chi connectivity index (χ1n) is 6.50. The second-order valence-corrected chi connectivity index (χ2v) is 6.37. The van der Waals surface area contributed by atoms with Gasteiger partial charge in [-0.25, -0.2) is 9.18 Å². The first-order valence-corrected chi connectivity index (χ1v) is 7.58. The van der Waals surface area contributed by atoms with Crippen LogP contribution in [0.4, 0.5) is 9.18 Å². The summed E-state index contributed by atoms with van der Waals surface area (Å²) in [5.74, 6) is -0.865. The fraction of sp³-hybridized carbons (Fsp3) is 0.462. The van der Waals surface area contributed by atoms with Gasteiger partial charge in [0, 0.05) is 11.8 Å². The molecule has 1 fully saturated rings. The summed E-state index contributed by atoms with van der Waals surface area (Å²) in [6, 6.07) is -1.88. The van der Waals surface area contributed by atoms with Crippen LogP contribution in [0.3, 0.4) is 0 Å². The number of hydrogen-bond acceptors (Lipinski definition) is 4. The average molecular weight is 408 g/mol. The van der Waals surface area contributed by atoms with Gasteiger partial charge in [-0.2, -0.15) is 0 Å². The Kier molecular flexibility index (Phi) is 3.80. The first-order chi connectivity index (χ1) is 9.95. The molecule has 114 valence electrons. The topological polar surface area (TPSA) is 93.0 Å². The lowest BCUT2D eigenvalue weighted by atomic mass is 10.1. The molecular formula is C13H14FIN2O4. The smallest absolute Gasteiger partial charge is 0.326 e. The normalized spacial score (nSPS) is 32.6. The lowest BCUT2D eigenvalue weighted by molar-refractivity contribution is 0.0170. The second-order valence-electron chi connectivity index (χ2n) is 5.20. The largest absolute Gasteiger partial charge is 0.392 e. The van der Waals surface area contributed by atoms with Crippen LogP contribution in [0.25, 0.3) is 0 Å². The van der Waals surface area contributed by atoms with Crippen LogP contribution in [0, 0.1) is 0 Å². The molecule has 1 saturated carbocycles. The number of aliphatic hydroxyl groups excluding tert-OH is 3. The van der Waals surface area contributed by atoms with Crippen LogP contribution in [0.5, 0.6) is 0 Å². The standard InChI is InChI=1S/C13H14FIN2O4/c14-8-6(4-18)11(19)12(20)10(8)17-3-7(15)9(5-1-2-5)16-13(17)21/h3,10-12,18-20H,1-2,4H2,(H,16,21)/t10-,11-,12+/m1/s1. The van der Waals surface area contributed by atoms with Gasteiger partial charge in [0.15, 0.2) is 0 Å². The number of amides is 2. The van der Waals surface area contributed by atoms with E-state index in [1.165, 1.54) is 6.20 Å². The Labute approximate surface area is 133 Å². The highest BCUT2D eigenvalue weighted by Gasteiger charge is 2.47. The van der Waals surface area contributed by atoms with Gasteiger partial charge in [0.25, 0.3) is 0 Å². The molecule has 21 heavy (non-hydrogen) atoms. The molecule has 1 heterocycles. The molecule has 2 amide bonds. The van der Waals surface area contributed by atoms with Crippen molar-refractivity contribution >= 4 is 28.6 Å². The third-order valence-corrected chi connectivity index (χ3v) is 4.67. The zero-order chi connectivity index (χ0) is 15.3. The van der Waals surface area contributed by atoms with E-state index >= 15 is 0 Å². The number of nitrogens with one attached hydrogen (secondary N) is 1. The summed E-state index contributed by atoms with van der Waals surface area (Å²) in [5.41, 5.74) is 1.61. The fourth-order valence-electron chi connectivity index (χ4n) is 2.57. The number of halogens is 2. The van der Waals surface area contributed by atoms with E-state index in [-0.39, 0.29) is 5.57 Å². The summed E-state index contributed by atoms with van der Waals surface area (Å²) in [6.07, 6.45) is 0.309. The summed E-state index contributed by atoms with van der Waals surface area (Å²) in [7, 11) is 0. The Hall–Kier alpha value is -0.970. The maximum absolute atomic E-state index is 14.2. The first kappa shape index (κ1) is 14.9. The quantitative estimate of drug-likeness (QED) is 0.506. The van der Waals surface area contributed by atoms with E-state index in [2.05, 4.69) is 5.32 Å². The predicted octanol–water partition coefficient (Wildman–Crippen LogP) is 0.656. The van der Waals surface area contributed by atoms with Crippen LogP contribution in [0.2, 0.25) is 0 Å². The molecular weight excluding hydrogens is 394 g/mol. The summed E-state index contributed by atoms with van der Waals surface area (Å²) in [5, 5.41) is 31.5. The lowest BCUT2D eigenvalue weighted by Crippen LogP contribution is -2.50. The number of nitrogens with zero attached hydrogens (tertiary/aromatic N) is 1. The van der Waals surface area contributed by atoms with E-state index in [0.717, 1.165) is 32.6 Å². The van der Waals surface area contributed by atoms with Gasteiger partial charge in [-0.3, -0.25) is 4.90 Å². The third-order valence-electron chi connectivity index (χ3n) is 3.85. The summed E-state index contributed by atoms with van der Waals surface area (Å²) in [4.78, 5) is 13.2. The average Bonchev–Trinajstić information content (AvgIpc) is 3.24. The number of rotatable bonds is 2. The minimum Gasteiger partial charge on any atom is -0.392 e. The van der Waals surface area contributed by atoms with Crippen LogP contribution in [-0.4, -0.2) is 51.1 Å². The summed E-state index contributed by atoms with van der Waals surface area (Å²) >= 11 is 2.03. The third kappa shape index (κ3) is 2.39. The van der Waals surface area contributed by atoms with E-state index in [1.54, 1.807) is 0 Å². The number of carbonyl (C=O) groups excluding carboxylic acids is 1. The van der Waals surface area contributed by atoms with E-state index < -0.39 is 36.7 Å². The lowest BCUT2D eigenvalue weighted by Gasteiger charge is -2.32. The molecule has 3 aliphatic rings. The molecule has 4 N–H and O–H groups in total. The molecule has 0 saturated heterocycles. The predicted molar refractivity (Wildman–Crippen MR) is 79.8 cm³/mol. The van der Waals surface area contributed by atoms with E-state index in [0.29, 0.717) is 0 Å². The van der Waals surface area contributed by atoms with Crippen LogP contribution in [0.1, 0.15) is 12.8 Å². The Morgan fingerprint density at radius 3 is 2.62 bits per heavy atom. The minimum absolute atomic E-state index is 0.282. The summed E-state index contributed by atoms with van der Waals surface area (Å²) in [6.45, 7) is -0.702. The van der Waals surface area contributed by atoms with E-state index in [1.807, 2.05) is 22.6 Å². The molecule has 6 nitrogen and oxygen atoms in total. The number of allylic oxidation sites excluding steroid dienone is 2. The van der Waals surface area contributed by atoms with Crippen LogP contribution in [0.15, 0.2) is 32.4 Å². The van der Waals surface area contributed by atoms with Crippen molar-refractivity contribution in [3.63, 3.8) is 0 Å². The zero-order valence-electron chi connectivity index (χ0n) is 10.9. The Morgan fingerprint density at radius 1 is 1.43 bits per heavy atom. The van der Waals surface area contributed by atoms with Gasteiger partial charge >= 0.3 is 6.03 Å². The second kappa shape index (κ2) is 5.34. The Bertz CT molecular complexity index is 595. The number of carbonyl (C=O) groups is 1. The number of aliphatic hydroxyl groups is 3. The van der Waals surface area contributed by atoms with Crippen molar-refractivity contribution in [3.05, 3.63) is 32.4 Å². The molecule has 0 aromatic rings. The monoisotopic (exact) mass is 408 g/mol. The number of urea groups is 1. The fourth-order valence-corrected chi connectivity index (χ4v) is 3.38. The Morgan fingerprint density at radius 2 is 2.10 bits per heavy atom. The maximum atomic E-state index is 14.2. The van der Waals surface area contributed by atoms with Crippen LogP contribution in [-0.2, 0) is 0 Å². The van der Waals surface area contributed by atoms with Crippen molar-refractivity contribution in [1.29, 1.82) is 0 Å². The van der Waals surface area contributed by atoms with Gasteiger partial charge in [0.1, 0.15) is 24.1 Å². The van der Waals surface area contributed by atoms with Gasteiger partial charge < -0.3 is 20.6 Å². The van der Waals surface area contributed by atoms with Crippen molar-refractivity contribution < 1.29 is 24.5 Å². The van der Waals surface area contributed by atoms with E-state index in [9.17, 15) is 19.4 Å². The van der Waals surface area contributed by atoms with Gasteiger partial charge in [-0.1, -0.05) is 0 Å². The molecule has 8 heteroatoms. The van der Waals surface area contributed by atoms with Gasteiger partial charge in [0.05, 0.1) is 15.9 Å². The SMILES string of the molecule is O=C1NC(=C2CC2)C(I)=CN1[C@@H]1C(F)=C(CO)[C@@H](O)[C@H]1O. The highest BCUT2D eigenvalue weighted by atomic mass is 127. The van der Waals surface area contributed by atoms with Crippen molar-refractivity contribution in [2.24, 2.45) is 0 Å². The highest BCUT2D eigenvalue weighted by Crippen LogP contribution is 2.39. The van der Waals surface area contributed by atoms with Crippen molar-refractivity contribution in [3.8, 4) is 0 Å². The molecule has 0 radical (unpaired) electrons. The molecule has 1 aliphatic heterocycles. The van der Waals surface area contributed by atoms with Crippen LogP contribution < -0.4 is 5.32 Å². The molecule has 0 bridgehead atoms. The highest BCUT2D eigenvalue weighted by molar-refractivity contribution is 14.1. The van der Waals surface area contributed by atoms with Gasteiger partial charge in [-0.05, 0) is 41.0 Å². The van der Waals surface area contributed by atoms with Crippen molar-refractivity contribution in [1.82, 2.24) is 10.2 Å².